The van der Waals surface area contributed by atoms with Crippen LogP contribution in [0.5, 0.6) is 5.75 Å². The van der Waals surface area contributed by atoms with Crippen molar-refractivity contribution in [3.63, 3.8) is 0 Å². The minimum absolute atomic E-state index is 0.0471. The van der Waals surface area contributed by atoms with Gasteiger partial charge in [0.1, 0.15) is 5.75 Å². The van der Waals surface area contributed by atoms with E-state index in [4.69, 9.17) is 16.3 Å². The van der Waals surface area contributed by atoms with Crippen molar-refractivity contribution < 1.29 is 26.3 Å². The first-order valence-electron chi connectivity index (χ1n) is 11.3. The fourth-order valence-corrected chi connectivity index (χ4v) is 6.70. The second-order valence-corrected chi connectivity index (χ2v) is 11.9. The fraction of sp³-hybridized carbons (Fsp3) is 0.231. The molecule has 0 radical (unpaired) electrons. The lowest BCUT2D eigenvalue weighted by atomic mass is 9.77. The summed E-state index contributed by atoms with van der Waals surface area (Å²) in [6.45, 7) is 0. The summed E-state index contributed by atoms with van der Waals surface area (Å²) in [5.41, 5.74) is 1.23. The predicted octanol–water partition coefficient (Wildman–Crippen LogP) is 7.76. The number of fused-ring (bicyclic) bond motifs is 3. The van der Waals surface area contributed by atoms with E-state index in [1.807, 2.05) is 18.2 Å². The van der Waals surface area contributed by atoms with Gasteiger partial charge in [-0.3, -0.25) is 4.72 Å². The van der Waals surface area contributed by atoms with Crippen LogP contribution in [0.4, 0.5) is 24.5 Å². The zero-order chi connectivity index (χ0) is 26.5. The number of ether oxygens (including phenoxy) is 1. The summed E-state index contributed by atoms with van der Waals surface area (Å²) in [5.74, 6) is 0.819. The summed E-state index contributed by atoms with van der Waals surface area (Å²) in [6.07, 6.45) is 0.223. The molecule has 0 unspecified atom stereocenters. The number of hydrogen-bond acceptors (Lipinski definition) is 4. The van der Waals surface area contributed by atoms with E-state index in [0.29, 0.717) is 6.07 Å². The van der Waals surface area contributed by atoms with Gasteiger partial charge in [-0.15, -0.1) is 0 Å². The van der Waals surface area contributed by atoms with E-state index < -0.39 is 26.8 Å². The molecule has 3 aromatic carbocycles. The van der Waals surface area contributed by atoms with Gasteiger partial charge in [-0.1, -0.05) is 39.7 Å². The molecule has 5 nitrogen and oxygen atoms in total. The van der Waals surface area contributed by atoms with Gasteiger partial charge in [0, 0.05) is 27.3 Å². The zero-order valence-corrected chi connectivity index (χ0v) is 22.5. The number of halogens is 5. The van der Waals surface area contributed by atoms with E-state index in [9.17, 15) is 21.6 Å². The number of allylic oxidation sites excluding steroid dienone is 2. The Kier molecular flexibility index (Phi) is 6.70. The molecule has 0 saturated carbocycles. The lowest BCUT2D eigenvalue weighted by molar-refractivity contribution is -0.137. The fourth-order valence-electron chi connectivity index (χ4n) is 5.02. The van der Waals surface area contributed by atoms with E-state index >= 15 is 0 Å². The number of sulfonamides is 1. The number of methoxy groups -OCH3 is 1. The van der Waals surface area contributed by atoms with Gasteiger partial charge >= 0.3 is 6.18 Å². The van der Waals surface area contributed by atoms with E-state index in [0.717, 1.165) is 39.5 Å². The third-order valence-electron chi connectivity index (χ3n) is 6.70. The Balaban J connectivity index is 1.49. The predicted molar refractivity (Wildman–Crippen MR) is 141 cm³/mol. The van der Waals surface area contributed by atoms with Crippen molar-refractivity contribution in [1.82, 2.24) is 0 Å². The zero-order valence-electron chi connectivity index (χ0n) is 19.3. The van der Waals surface area contributed by atoms with Gasteiger partial charge in [-0.2, -0.15) is 13.2 Å². The average molecular weight is 614 g/mol. The third kappa shape index (κ3) is 4.94. The smallest absolute Gasteiger partial charge is 0.417 e. The molecule has 0 aromatic heterocycles. The van der Waals surface area contributed by atoms with Gasteiger partial charge in [0.2, 0.25) is 0 Å². The first-order chi connectivity index (χ1) is 17.5. The lowest BCUT2D eigenvalue weighted by Crippen LogP contribution is -2.29. The van der Waals surface area contributed by atoms with Crippen LogP contribution in [0.3, 0.4) is 0 Å². The second kappa shape index (κ2) is 9.56. The Bertz CT molecular complexity index is 1510. The van der Waals surface area contributed by atoms with Gasteiger partial charge in [0.05, 0.1) is 28.6 Å². The van der Waals surface area contributed by atoms with Crippen LogP contribution in [0.1, 0.15) is 35.1 Å². The Labute approximate surface area is 225 Å². The van der Waals surface area contributed by atoms with Gasteiger partial charge in [0.25, 0.3) is 10.0 Å². The third-order valence-corrected chi connectivity index (χ3v) is 8.90. The molecule has 0 fully saturated rings. The largest absolute Gasteiger partial charge is 0.496 e. The van der Waals surface area contributed by atoms with Crippen molar-refractivity contribution >= 4 is 48.9 Å². The molecule has 2 aliphatic rings. The van der Waals surface area contributed by atoms with Crippen molar-refractivity contribution in [2.45, 2.75) is 29.5 Å². The van der Waals surface area contributed by atoms with Crippen LogP contribution in [-0.2, 0) is 16.2 Å². The molecule has 0 bridgehead atoms. The number of nitrogens with one attached hydrogen (secondary N) is 2. The maximum absolute atomic E-state index is 13.2. The molecule has 0 spiro atoms. The minimum atomic E-state index is -4.71. The first kappa shape index (κ1) is 25.9. The van der Waals surface area contributed by atoms with Gasteiger partial charge < -0.3 is 10.1 Å². The van der Waals surface area contributed by atoms with Crippen LogP contribution in [0.25, 0.3) is 0 Å². The van der Waals surface area contributed by atoms with Crippen molar-refractivity contribution in [3.8, 4) is 5.75 Å². The molecule has 3 atom stereocenters. The highest BCUT2D eigenvalue weighted by Gasteiger charge is 2.40. The van der Waals surface area contributed by atoms with Gasteiger partial charge in [-0.05, 0) is 72.5 Å². The standard InChI is InChI=1S/C26H21BrClF3N2O3S/c1-36-24-10-5-14(27)11-20(24)25-18-4-2-3-17(18)19-13-16(7-9-23(19)32-25)37(34,35)33-15-6-8-22(28)21(12-15)26(29,30)31/h2-3,5-13,17-18,25,32-33H,4H2,1H3/t17-,18+,25-/m0/s1. The van der Waals surface area contributed by atoms with E-state index in [1.165, 1.54) is 12.1 Å². The Morgan fingerprint density at radius 3 is 2.59 bits per heavy atom. The number of rotatable bonds is 5. The molecular weight excluding hydrogens is 593 g/mol. The van der Waals surface area contributed by atoms with Crippen LogP contribution in [0, 0.1) is 5.92 Å². The average Bonchev–Trinajstić information content (AvgIpc) is 3.34. The Hall–Kier alpha value is -2.69. The molecule has 11 heteroatoms. The minimum Gasteiger partial charge on any atom is -0.496 e. The van der Waals surface area contributed by atoms with E-state index in [1.54, 1.807) is 19.2 Å². The number of anilines is 2. The summed E-state index contributed by atoms with van der Waals surface area (Å²) in [5, 5.41) is 3.04. The number of benzene rings is 3. The van der Waals surface area contributed by atoms with Crippen molar-refractivity contribution in [2.24, 2.45) is 5.92 Å². The molecular formula is C26H21BrClF3N2O3S. The van der Waals surface area contributed by atoms with Crippen molar-refractivity contribution in [3.05, 3.63) is 92.9 Å². The number of hydrogen-bond donors (Lipinski definition) is 2. The SMILES string of the molecule is COc1ccc(Br)cc1[C@H]1Nc2ccc(S(=O)(=O)Nc3ccc(Cl)c(C(F)(F)F)c3)cc2[C@H]2C=CC[C@H]21. The monoisotopic (exact) mass is 612 g/mol. The molecule has 5 rings (SSSR count). The molecule has 1 aliphatic carbocycles. The van der Waals surface area contributed by atoms with Crippen LogP contribution < -0.4 is 14.8 Å². The summed E-state index contributed by atoms with van der Waals surface area (Å²) in [4.78, 5) is -0.0471. The van der Waals surface area contributed by atoms with E-state index in [-0.39, 0.29) is 28.5 Å². The maximum Gasteiger partial charge on any atom is 0.417 e. The normalized spacial score (nSPS) is 20.6. The van der Waals surface area contributed by atoms with Crippen LogP contribution >= 0.6 is 27.5 Å². The first-order valence-corrected chi connectivity index (χ1v) is 13.9. The lowest BCUT2D eigenvalue weighted by Gasteiger charge is -2.38. The van der Waals surface area contributed by atoms with Crippen LogP contribution in [0.15, 0.2) is 76.1 Å². The molecule has 37 heavy (non-hydrogen) atoms. The summed E-state index contributed by atoms with van der Waals surface area (Å²) >= 11 is 9.19. The molecule has 1 heterocycles. The molecule has 194 valence electrons. The van der Waals surface area contributed by atoms with Crippen LogP contribution in [-0.4, -0.2) is 15.5 Å². The van der Waals surface area contributed by atoms with Crippen molar-refractivity contribution in [1.29, 1.82) is 0 Å². The Morgan fingerprint density at radius 2 is 1.86 bits per heavy atom. The summed E-state index contributed by atoms with van der Waals surface area (Å²) in [7, 11) is -2.55. The maximum atomic E-state index is 13.2. The van der Waals surface area contributed by atoms with Crippen LogP contribution in [0.2, 0.25) is 5.02 Å². The van der Waals surface area contributed by atoms with Crippen molar-refractivity contribution in [2.75, 3.05) is 17.1 Å². The molecule has 0 saturated heterocycles. The Morgan fingerprint density at radius 1 is 1.08 bits per heavy atom. The molecule has 1 aliphatic heterocycles. The van der Waals surface area contributed by atoms with Gasteiger partial charge in [-0.25, -0.2) is 8.42 Å². The van der Waals surface area contributed by atoms with Gasteiger partial charge in [0.15, 0.2) is 0 Å². The second-order valence-electron chi connectivity index (χ2n) is 8.91. The highest BCUT2D eigenvalue weighted by molar-refractivity contribution is 9.10. The highest BCUT2D eigenvalue weighted by atomic mass is 79.9. The highest BCUT2D eigenvalue weighted by Crippen LogP contribution is 2.52. The summed E-state index contributed by atoms with van der Waals surface area (Å²) < 4.78 is 74.8. The van der Waals surface area contributed by atoms with E-state index in [2.05, 4.69) is 38.1 Å². The molecule has 0 amide bonds. The number of alkyl halides is 3. The molecule has 2 N–H and O–H groups in total. The topological polar surface area (TPSA) is 67.4 Å². The quantitative estimate of drug-likeness (QED) is 0.289. The molecule has 3 aromatic rings. The summed E-state index contributed by atoms with van der Waals surface area (Å²) in [6, 6.07) is 13.3.